The van der Waals surface area contributed by atoms with Crippen molar-refractivity contribution in [2.45, 2.75) is 25.3 Å². The Morgan fingerprint density at radius 1 is 1.40 bits per heavy atom. The van der Waals surface area contributed by atoms with Crippen LogP contribution in [0.15, 0.2) is 28.7 Å². The van der Waals surface area contributed by atoms with E-state index >= 15 is 0 Å². The zero-order chi connectivity index (χ0) is 10.9. The lowest BCUT2D eigenvalue weighted by Gasteiger charge is -2.34. The Hall–Kier alpha value is -0.670. The normalized spacial score (nSPS) is 26.7. The molecule has 1 N–H and O–H groups in total. The molecule has 1 atom stereocenters. The van der Waals surface area contributed by atoms with Crippen LogP contribution in [0.4, 0.5) is 0 Å². The van der Waals surface area contributed by atoms with Crippen LogP contribution in [0.1, 0.15) is 25.3 Å². The van der Waals surface area contributed by atoms with Crippen molar-refractivity contribution >= 4 is 21.7 Å². The number of hydrogen-bond donors (Lipinski definition) is 1. The van der Waals surface area contributed by atoms with Crippen molar-refractivity contribution in [2.24, 2.45) is 0 Å². The van der Waals surface area contributed by atoms with Crippen LogP contribution in [0.3, 0.4) is 0 Å². The average Bonchev–Trinajstić information content (AvgIpc) is 2.23. The predicted octanol–water partition coefficient (Wildman–Crippen LogP) is 2.62. The molecule has 0 spiro atoms. The van der Waals surface area contributed by atoms with E-state index in [1.165, 1.54) is 0 Å². The second kappa shape index (κ2) is 4.06. The first-order valence-corrected chi connectivity index (χ1v) is 5.97. The summed E-state index contributed by atoms with van der Waals surface area (Å²) in [5, 5.41) is 3.32. The molecule has 0 aromatic heterocycles. The number of hydrogen-bond acceptors (Lipinski definition) is 2. The van der Waals surface area contributed by atoms with Crippen LogP contribution < -0.4 is 5.32 Å². The third-order valence-electron chi connectivity index (χ3n) is 3.03. The first-order chi connectivity index (χ1) is 7.14. The van der Waals surface area contributed by atoms with Gasteiger partial charge in [-0.15, -0.1) is 0 Å². The number of ketones is 1. The van der Waals surface area contributed by atoms with Crippen molar-refractivity contribution in [3.63, 3.8) is 0 Å². The fourth-order valence-electron chi connectivity index (χ4n) is 2.05. The SMILES string of the molecule is CC1(c2ccccc2Br)NCCCC1=O. The van der Waals surface area contributed by atoms with Gasteiger partial charge in [-0.05, 0) is 31.5 Å². The highest BCUT2D eigenvalue weighted by Crippen LogP contribution is 2.31. The minimum atomic E-state index is -0.516. The number of benzene rings is 1. The molecule has 1 unspecified atom stereocenters. The minimum Gasteiger partial charge on any atom is -0.301 e. The molecule has 0 bridgehead atoms. The van der Waals surface area contributed by atoms with E-state index in [2.05, 4.69) is 21.2 Å². The molecule has 15 heavy (non-hydrogen) atoms. The van der Waals surface area contributed by atoms with Gasteiger partial charge < -0.3 is 5.32 Å². The number of rotatable bonds is 1. The highest BCUT2D eigenvalue weighted by molar-refractivity contribution is 9.10. The lowest BCUT2D eigenvalue weighted by Crippen LogP contribution is -2.50. The lowest BCUT2D eigenvalue weighted by atomic mass is 9.83. The summed E-state index contributed by atoms with van der Waals surface area (Å²) in [6, 6.07) is 7.91. The minimum absolute atomic E-state index is 0.278. The third kappa shape index (κ3) is 1.86. The second-order valence-corrected chi connectivity index (χ2v) is 4.91. The van der Waals surface area contributed by atoms with E-state index in [1.54, 1.807) is 0 Å². The van der Waals surface area contributed by atoms with Gasteiger partial charge in [0.15, 0.2) is 5.78 Å². The smallest absolute Gasteiger partial charge is 0.157 e. The topological polar surface area (TPSA) is 29.1 Å². The Morgan fingerprint density at radius 3 is 2.80 bits per heavy atom. The van der Waals surface area contributed by atoms with Gasteiger partial charge in [-0.1, -0.05) is 34.1 Å². The molecule has 3 heteroatoms. The zero-order valence-electron chi connectivity index (χ0n) is 8.72. The summed E-state index contributed by atoms with van der Waals surface area (Å²) in [4.78, 5) is 12.0. The summed E-state index contributed by atoms with van der Waals surface area (Å²) in [6.07, 6.45) is 1.61. The van der Waals surface area contributed by atoms with Crippen LogP contribution in [0.2, 0.25) is 0 Å². The van der Waals surface area contributed by atoms with Crippen LogP contribution >= 0.6 is 15.9 Å². The van der Waals surface area contributed by atoms with Crippen molar-refractivity contribution < 1.29 is 4.79 Å². The Labute approximate surface area is 98.2 Å². The standard InChI is InChI=1S/C12H14BrNO/c1-12(11(15)7-4-8-14-12)9-5-2-3-6-10(9)13/h2-3,5-6,14H,4,7-8H2,1H3. The van der Waals surface area contributed by atoms with Crippen molar-refractivity contribution in [1.82, 2.24) is 5.32 Å². The largest absolute Gasteiger partial charge is 0.301 e. The monoisotopic (exact) mass is 267 g/mol. The Morgan fingerprint density at radius 2 is 2.13 bits per heavy atom. The second-order valence-electron chi connectivity index (χ2n) is 4.06. The third-order valence-corrected chi connectivity index (χ3v) is 3.72. The number of piperidine rings is 1. The van der Waals surface area contributed by atoms with Crippen LogP contribution in [0.5, 0.6) is 0 Å². The molecule has 0 aliphatic carbocycles. The van der Waals surface area contributed by atoms with E-state index in [0.29, 0.717) is 6.42 Å². The van der Waals surface area contributed by atoms with Gasteiger partial charge in [0.2, 0.25) is 0 Å². The quantitative estimate of drug-likeness (QED) is 0.848. The van der Waals surface area contributed by atoms with Gasteiger partial charge in [-0.2, -0.15) is 0 Å². The number of halogens is 1. The van der Waals surface area contributed by atoms with Gasteiger partial charge in [-0.25, -0.2) is 0 Å². The van der Waals surface area contributed by atoms with Gasteiger partial charge in [0, 0.05) is 10.9 Å². The molecule has 2 nitrogen and oxygen atoms in total. The van der Waals surface area contributed by atoms with Crippen LogP contribution in [-0.4, -0.2) is 12.3 Å². The van der Waals surface area contributed by atoms with Gasteiger partial charge in [0.25, 0.3) is 0 Å². The lowest BCUT2D eigenvalue weighted by molar-refractivity contribution is -0.126. The molecule has 1 aliphatic rings. The molecule has 80 valence electrons. The van der Waals surface area contributed by atoms with Crippen molar-refractivity contribution in [1.29, 1.82) is 0 Å². The molecule has 0 amide bonds. The maximum Gasteiger partial charge on any atom is 0.157 e. The number of carbonyl (C=O) groups excluding carboxylic acids is 1. The van der Waals surface area contributed by atoms with Crippen LogP contribution in [0.25, 0.3) is 0 Å². The van der Waals surface area contributed by atoms with E-state index in [1.807, 2.05) is 31.2 Å². The van der Waals surface area contributed by atoms with Crippen LogP contribution in [0, 0.1) is 0 Å². The van der Waals surface area contributed by atoms with Crippen molar-refractivity contribution in [3.05, 3.63) is 34.3 Å². The first-order valence-electron chi connectivity index (χ1n) is 5.18. The molecule has 1 aromatic carbocycles. The fourth-order valence-corrected chi connectivity index (χ4v) is 2.73. The predicted molar refractivity (Wildman–Crippen MR) is 63.7 cm³/mol. The van der Waals surface area contributed by atoms with Gasteiger partial charge in [-0.3, -0.25) is 4.79 Å². The molecule has 0 radical (unpaired) electrons. The maximum absolute atomic E-state index is 12.0. The summed E-state index contributed by atoms with van der Waals surface area (Å²) in [5.74, 6) is 0.278. The zero-order valence-corrected chi connectivity index (χ0v) is 10.3. The summed E-state index contributed by atoms with van der Waals surface area (Å²) in [7, 11) is 0. The summed E-state index contributed by atoms with van der Waals surface area (Å²) in [5.41, 5.74) is 0.521. The molecular formula is C12H14BrNO. The molecule has 1 fully saturated rings. The van der Waals surface area contributed by atoms with Gasteiger partial charge in [0.05, 0.1) is 0 Å². The maximum atomic E-state index is 12.0. The van der Waals surface area contributed by atoms with Gasteiger partial charge >= 0.3 is 0 Å². The summed E-state index contributed by atoms with van der Waals surface area (Å²) in [6.45, 7) is 2.87. The van der Waals surface area contributed by atoms with E-state index in [4.69, 9.17) is 0 Å². The Bertz CT molecular complexity index is 391. The molecule has 1 aliphatic heterocycles. The first kappa shape index (κ1) is 10.8. The van der Waals surface area contributed by atoms with Crippen molar-refractivity contribution in [3.8, 4) is 0 Å². The average molecular weight is 268 g/mol. The van der Waals surface area contributed by atoms with E-state index in [9.17, 15) is 4.79 Å². The molecule has 1 heterocycles. The Kier molecular flexibility index (Phi) is 2.94. The number of nitrogens with one attached hydrogen (secondary N) is 1. The molecule has 2 rings (SSSR count). The van der Waals surface area contributed by atoms with Gasteiger partial charge in [0.1, 0.15) is 5.54 Å². The Balaban J connectivity index is 2.44. The van der Waals surface area contributed by atoms with E-state index in [-0.39, 0.29) is 5.78 Å². The number of Topliss-reactive ketones (excluding diaryl/α,β-unsaturated/α-hetero) is 1. The summed E-state index contributed by atoms with van der Waals surface area (Å²) >= 11 is 3.50. The fraction of sp³-hybridized carbons (Fsp3) is 0.417. The summed E-state index contributed by atoms with van der Waals surface area (Å²) < 4.78 is 0.996. The molecule has 0 saturated carbocycles. The van der Waals surface area contributed by atoms with E-state index < -0.39 is 5.54 Å². The molecule has 1 aromatic rings. The molecule has 1 saturated heterocycles. The number of carbonyl (C=O) groups is 1. The molecular weight excluding hydrogens is 254 g/mol. The van der Waals surface area contributed by atoms with E-state index in [0.717, 1.165) is 23.0 Å². The highest BCUT2D eigenvalue weighted by atomic mass is 79.9. The van der Waals surface area contributed by atoms with Crippen molar-refractivity contribution in [2.75, 3.05) is 6.54 Å². The van der Waals surface area contributed by atoms with Crippen LogP contribution in [-0.2, 0) is 10.3 Å². The highest BCUT2D eigenvalue weighted by Gasteiger charge is 2.37.